The molecule has 88 valence electrons. The number of nitrogens with two attached hydrogens (primary N) is 1. The van der Waals surface area contributed by atoms with Gasteiger partial charge in [0.15, 0.2) is 0 Å². The lowest BCUT2D eigenvalue weighted by Crippen LogP contribution is -2.22. The summed E-state index contributed by atoms with van der Waals surface area (Å²) in [4.78, 5) is 1.15. The molecule has 0 heterocycles. The second kappa shape index (κ2) is 5.19. The SMILES string of the molecule is NC1(CCc2ccc(SCCF)cc2)CC1. The Morgan fingerprint density at radius 1 is 1.25 bits per heavy atom. The molecule has 0 saturated heterocycles. The summed E-state index contributed by atoms with van der Waals surface area (Å²) in [5.74, 6) is 0.547. The average Bonchev–Trinajstić information content (AvgIpc) is 3.04. The molecule has 1 fully saturated rings. The fourth-order valence-corrected chi connectivity index (χ4v) is 2.35. The Kier molecular flexibility index (Phi) is 3.87. The van der Waals surface area contributed by atoms with Gasteiger partial charge in [-0.15, -0.1) is 11.8 Å². The Hall–Kier alpha value is -0.540. The molecule has 0 bridgehead atoms. The highest BCUT2D eigenvalue weighted by atomic mass is 32.2. The first-order chi connectivity index (χ1) is 7.72. The average molecular weight is 239 g/mol. The smallest absolute Gasteiger partial charge is 0.0988 e. The molecule has 1 saturated carbocycles. The number of hydrogen-bond acceptors (Lipinski definition) is 2. The van der Waals surface area contributed by atoms with Gasteiger partial charge in [-0.2, -0.15) is 0 Å². The molecule has 0 spiro atoms. The van der Waals surface area contributed by atoms with Gasteiger partial charge in [-0.25, -0.2) is 0 Å². The van der Waals surface area contributed by atoms with Gasteiger partial charge in [0.25, 0.3) is 0 Å². The first-order valence-electron chi connectivity index (χ1n) is 5.78. The summed E-state index contributed by atoms with van der Waals surface area (Å²) in [6.45, 7) is -0.262. The standard InChI is InChI=1S/C13H18FNS/c14-9-10-16-12-3-1-11(2-4-12)5-6-13(15)7-8-13/h1-4H,5-10,15H2. The van der Waals surface area contributed by atoms with Crippen LogP contribution < -0.4 is 5.73 Å². The molecule has 1 aliphatic rings. The van der Waals surface area contributed by atoms with Crippen molar-refractivity contribution in [2.45, 2.75) is 36.1 Å². The van der Waals surface area contributed by atoms with Crippen molar-refractivity contribution in [1.82, 2.24) is 0 Å². The second-order valence-corrected chi connectivity index (χ2v) is 5.71. The Morgan fingerprint density at radius 3 is 2.50 bits per heavy atom. The predicted octanol–water partition coefficient (Wildman–Crippen LogP) is 3.17. The van der Waals surface area contributed by atoms with Crippen molar-refractivity contribution in [3.8, 4) is 0 Å². The molecule has 0 radical (unpaired) electrons. The first kappa shape index (κ1) is 11.9. The number of thioether (sulfide) groups is 1. The zero-order valence-electron chi connectivity index (χ0n) is 9.42. The van der Waals surface area contributed by atoms with Crippen LogP contribution in [0.3, 0.4) is 0 Å². The normalized spacial score (nSPS) is 17.4. The van der Waals surface area contributed by atoms with Crippen LogP contribution in [-0.2, 0) is 6.42 Å². The zero-order valence-corrected chi connectivity index (χ0v) is 10.2. The van der Waals surface area contributed by atoms with Crippen LogP contribution in [0.2, 0.25) is 0 Å². The molecular formula is C13H18FNS. The van der Waals surface area contributed by atoms with Gasteiger partial charge < -0.3 is 5.73 Å². The van der Waals surface area contributed by atoms with Crippen molar-refractivity contribution in [2.24, 2.45) is 5.73 Å². The van der Waals surface area contributed by atoms with Crippen molar-refractivity contribution < 1.29 is 4.39 Å². The molecule has 0 aliphatic heterocycles. The number of alkyl halides is 1. The number of halogens is 1. The van der Waals surface area contributed by atoms with E-state index in [4.69, 9.17) is 5.73 Å². The summed E-state index contributed by atoms with van der Waals surface area (Å²) < 4.78 is 12.0. The summed E-state index contributed by atoms with van der Waals surface area (Å²) >= 11 is 1.57. The van der Waals surface area contributed by atoms with Gasteiger partial charge in [-0.05, 0) is 43.4 Å². The van der Waals surface area contributed by atoms with Gasteiger partial charge in [0.2, 0.25) is 0 Å². The Morgan fingerprint density at radius 2 is 1.94 bits per heavy atom. The summed E-state index contributed by atoms with van der Waals surface area (Å²) in [5, 5.41) is 0. The quantitative estimate of drug-likeness (QED) is 0.772. The Balaban J connectivity index is 1.81. The summed E-state index contributed by atoms with van der Waals surface area (Å²) in [5.41, 5.74) is 7.52. The number of benzene rings is 1. The monoisotopic (exact) mass is 239 g/mol. The van der Waals surface area contributed by atoms with Gasteiger partial charge in [0, 0.05) is 16.2 Å². The highest BCUT2D eigenvalue weighted by Crippen LogP contribution is 2.36. The molecule has 1 aliphatic carbocycles. The third-order valence-electron chi connectivity index (χ3n) is 3.07. The van der Waals surface area contributed by atoms with E-state index in [0.29, 0.717) is 5.75 Å². The number of aryl methyl sites for hydroxylation is 1. The Labute approximate surface area is 101 Å². The van der Waals surface area contributed by atoms with Gasteiger partial charge in [0.1, 0.15) is 0 Å². The third kappa shape index (κ3) is 3.49. The summed E-state index contributed by atoms with van der Waals surface area (Å²) in [6.07, 6.45) is 4.50. The van der Waals surface area contributed by atoms with Crippen LogP contribution in [-0.4, -0.2) is 18.0 Å². The number of hydrogen-bond donors (Lipinski definition) is 1. The molecule has 0 unspecified atom stereocenters. The molecule has 2 rings (SSSR count). The molecule has 16 heavy (non-hydrogen) atoms. The molecule has 0 amide bonds. The maximum Gasteiger partial charge on any atom is 0.0988 e. The van der Waals surface area contributed by atoms with E-state index in [1.165, 1.54) is 18.4 Å². The van der Waals surface area contributed by atoms with Gasteiger partial charge in [-0.1, -0.05) is 12.1 Å². The molecule has 0 atom stereocenters. The molecule has 0 aromatic heterocycles. The third-order valence-corrected chi connectivity index (χ3v) is 4.04. The minimum atomic E-state index is -0.262. The van der Waals surface area contributed by atoms with Crippen LogP contribution in [0.5, 0.6) is 0 Å². The first-order valence-corrected chi connectivity index (χ1v) is 6.77. The van der Waals surface area contributed by atoms with Crippen molar-refractivity contribution >= 4 is 11.8 Å². The van der Waals surface area contributed by atoms with Crippen molar-refractivity contribution in [2.75, 3.05) is 12.4 Å². The highest BCUT2D eigenvalue weighted by molar-refractivity contribution is 7.99. The van der Waals surface area contributed by atoms with Crippen LogP contribution in [0.4, 0.5) is 4.39 Å². The maximum absolute atomic E-state index is 12.0. The van der Waals surface area contributed by atoms with E-state index < -0.39 is 0 Å². The van der Waals surface area contributed by atoms with E-state index in [9.17, 15) is 4.39 Å². The fraction of sp³-hybridized carbons (Fsp3) is 0.538. The van der Waals surface area contributed by atoms with E-state index >= 15 is 0 Å². The minimum absolute atomic E-state index is 0.141. The van der Waals surface area contributed by atoms with E-state index in [1.807, 2.05) is 0 Å². The topological polar surface area (TPSA) is 26.0 Å². The van der Waals surface area contributed by atoms with E-state index in [2.05, 4.69) is 24.3 Å². The van der Waals surface area contributed by atoms with Crippen molar-refractivity contribution in [3.05, 3.63) is 29.8 Å². The zero-order chi connectivity index (χ0) is 11.4. The van der Waals surface area contributed by atoms with E-state index in [-0.39, 0.29) is 12.2 Å². The van der Waals surface area contributed by atoms with E-state index in [0.717, 1.165) is 17.7 Å². The number of rotatable bonds is 6. The maximum atomic E-state index is 12.0. The van der Waals surface area contributed by atoms with Gasteiger partial charge in [-0.3, -0.25) is 4.39 Å². The minimum Gasteiger partial charge on any atom is -0.325 e. The lowest BCUT2D eigenvalue weighted by atomic mass is 10.0. The van der Waals surface area contributed by atoms with Crippen LogP contribution in [0.15, 0.2) is 29.2 Å². The molecule has 3 heteroatoms. The Bertz CT molecular complexity index is 332. The highest BCUT2D eigenvalue weighted by Gasteiger charge is 2.37. The van der Waals surface area contributed by atoms with Gasteiger partial charge in [0.05, 0.1) is 6.67 Å². The van der Waals surface area contributed by atoms with E-state index in [1.54, 1.807) is 11.8 Å². The fourth-order valence-electron chi connectivity index (χ4n) is 1.71. The van der Waals surface area contributed by atoms with Crippen LogP contribution >= 0.6 is 11.8 Å². The second-order valence-electron chi connectivity index (χ2n) is 4.54. The lowest BCUT2D eigenvalue weighted by molar-refractivity contribution is 0.533. The van der Waals surface area contributed by atoms with Crippen LogP contribution in [0.25, 0.3) is 0 Å². The van der Waals surface area contributed by atoms with Crippen LogP contribution in [0, 0.1) is 0 Å². The molecular weight excluding hydrogens is 221 g/mol. The molecule has 2 N–H and O–H groups in total. The molecule has 1 nitrogen and oxygen atoms in total. The van der Waals surface area contributed by atoms with Crippen molar-refractivity contribution in [1.29, 1.82) is 0 Å². The van der Waals surface area contributed by atoms with Gasteiger partial charge >= 0.3 is 0 Å². The summed E-state index contributed by atoms with van der Waals surface area (Å²) in [6, 6.07) is 8.41. The lowest BCUT2D eigenvalue weighted by Gasteiger charge is -2.08. The van der Waals surface area contributed by atoms with Crippen LogP contribution in [0.1, 0.15) is 24.8 Å². The molecule has 1 aromatic carbocycles. The van der Waals surface area contributed by atoms with Crippen molar-refractivity contribution in [3.63, 3.8) is 0 Å². The predicted molar refractivity (Wildman–Crippen MR) is 67.6 cm³/mol. The largest absolute Gasteiger partial charge is 0.325 e. The summed E-state index contributed by atoms with van der Waals surface area (Å²) in [7, 11) is 0. The molecule has 1 aromatic rings.